The van der Waals surface area contributed by atoms with Gasteiger partial charge in [0.25, 0.3) is 5.91 Å². The number of aryl methyl sites for hydroxylation is 1. The molecule has 0 atom stereocenters. The summed E-state index contributed by atoms with van der Waals surface area (Å²) < 4.78 is 0. The highest BCUT2D eigenvalue weighted by Crippen LogP contribution is 2.26. The molecule has 0 fully saturated rings. The van der Waals surface area contributed by atoms with Gasteiger partial charge in [-0.2, -0.15) is 0 Å². The second-order valence-corrected chi connectivity index (χ2v) is 4.46. The molecule has 1 aromatic carbocycles. The fraction of sp³-hybridized carbons (Fsp3) is 0.200. The van der Waals surface area contributed by atoms with Crippen molar-refractivity contribution in [2.24, 2.45) is 0 Å². The average molecular weight is 271 g/mol. The number of aromatic hydroxyl groups is 1. The van der Waals surface area contributed by atoms with E-state index in [4.69, 9.17) is 5.73 Å². The van der Waals surface area contributed by atoms with Crippen molar-refractivity contribution in [3.63, 3.8) is 0 Å². The van der Waals surface area contributed by atoms with Gasteiger partial charge in [0.15, 0.2) is 5.69 Å². The molecule has 20 heavy (non-hydrogen) atoms. The Balaban J connectivity index is 2.45. The highest BCUT2D eigenvalue weighted by molar-refractivity contribution is 6.08. The molecule has 0 aliphatic rings. The predicted molar refractivity (Wildman–Crippen MR) is 78.8 cm³/mol. The summed E-state index contributed by atoms with van der Waals surface area (Å²) in [7, 11) is 0. The topological polar surface area (TPSA) is 79.5 Å². The lowest BCUT2D eigenvalue weighted by Gasteiger charge is -2.23. The smallest absolute Gasteiger partial charge is 0.279 e. The zero-order valence-electron chi connectivity index (χ0n) is 11.5. The Hall–Kier alpha value is -2.56. The first-order valence-electron chi connectivity index (χ1n) is 6.36. The Labute approximate surface area is 117 Å². The summed E-state index contributed by atoms with van der Waals surface area (Å²) in [4.78, 5) is 18.2. The highest BCUT2D eigenvalue weighted by atomic mass is 16.3. The minimum absolute atomic E-state index is 0.117. The monoisotopic (exact) mass is 271 g/mol. The number of nitrogens with two attached hydrogens (primary N) is 1. The van der Waals surface area contributed by atoms with Crippen molar-refractivity contribution in [2.45, 2.75) is 13.8 Å². The third-order valence-electron chi connectivity index (χ3n) is 3.09. The van der Waals surface area contributed by atoms with E-state index in [0.717, 1.165) is 5.56 Å². The van der Waals surface area contributed by atoms with Crippen molar-refractivity contribution in [2.75, 3.05) is 17.2 Å². The van der Waals surface area contributed by atoms with Crippen LogP contribution in [-0.2, 0) is 0 Å². The summed E-state index contributed by atoms with van der Waals surface area (Å²) >= 11 is 0. The van der Waals surface area contributed by atoms with E-state index < -0.39 is 0 Å². The molecule has 1 amide bonds. The maximum atomic E-state index is 12.6. The lowest BCUT2D eigenvalue weighted by Crippen LogP contribution is -2.32. The van der Waals surface area contributed by atoms with Crippen LogP contribution in [0.4, 0.5) is 11.4 Å². The van der Waals surface area contributed by atoms with E-state index in [9.17, 15) is 9.90 Å². The zero-order chi connectivity index (χ0) is 14.7. The summed E-state index contributed by atoms with van der Waals surface area (Å²) in [6, 6.07) is 8.25. The lowest BCUT2D eigenvalue weighted by molar-refractivity contribution is 0.0984. The standard InChI is InChI=1S/C15H17N3O2/c1-3-18(13-9-11(19)7-6-10(13)2)15(20)14-12(16)5-4-8-17-14/h4-9,19H,3,16H2,1-2H3. The van der Waals surface area contributed by atoms with Gasteiger partial charge in [-0.1, -0.05) is 6.07 Å². The molecule has 0 spiro atoms. The number of hydrogen-bond acceptors (Lipinski definition) is 4. The van der Waals surface area contributed by atoms with E-state index >= 15 is 0 Å². The van der Waals surface area contributed by atoms with Crippen LogP contribution in [0.1, 0.15) is 23.0 Å². The molecule has 104 valence electrons. The van der Waals surface area contributed by atoms with E-state index in [1.54, 1.807) is 35.2 Å². The first-order valence-corrected chi connectivity index (χ1v) is 6.36. The van der Waals surface area contributed by atoms with Gasteiger partial charge in [-0.3, -0.25) is 4.79 Å². The fourth-order valence-corrected chi connectivity index (χ4v) is 2.04. The fourth-order valence-electron chi connectivity index (χ4n) is 2.04. The van der Waals surface area contributed by atoms with Crippen LogP contribution in [0.3, 0.4) is 0 Å². The van der Waals surface area contributed by atoms with Crippen LogP contribution in [-0.4, -0.2) is 22.5 Å². The van der Waals surface area contributed by atoms with Crippen molar-refractivity contribution in [3.8, 4) is 5.75 Å². The van der Waals surface area contributed by atoms with Gasteiger partial charge in [-0.15, -0.1) is 0 Å². The number of carbonyl (C=O) groups is 1. The highest BCUT2D eigenvalue weighted by Gasteiger charge is 2.21. The van der Waals surface area contributed by atoms with Crippen LogP contribution in [0.15, 0.2) is 36.5 Å². The Morgan fingerprint density at radius 1 is 1.40 bits per heavy atom. The molecule has 0 aliphatic carbocycles. The van der Waals surface area contributed by atoms with E-state index in [-0.39, 0.29) is 17.4 Å². The Bertz CT molecular complexity index is 641. The molecule has 0 bridgehead atoms. The number of nitrogen functional groups attached to an aromatic ring is 1. The van der Waals surface area contributed by atoms with Gasteiger partial charge in [0.2, 0.25) is 0 Å². The summed E-state index contributed by atoms with van der Waals surface area (Å²) in [6.45, 7) is 4.20. The van der Waals surface area contributed by atoms with Crippen LogP contribution in [0.5, 0.6) is 5.75 Å². The van der Waals surface area contributed by atoms with Crippen LogP contribution >= 0.6 is 0 Å². The first-order chi connectivity index (χ1) is 9.54. The SMILES string of the molecule is CCN(C(=O)c1ncccc1N)c1cc(O)ccc1C. The van der Waals surface area contributed by atoms with Gasteiger partial charge in [-0.25, -0.2) is 4.98 Å². The Kier molecular flexibility index (Phi) is 3.89. The van der Waals surface area contributed by atoms with E-state index in [1.807, 2.05) is 13.8 Å². The number of nitrogens with zero attached hydrogens (tertiary/aromatic N) is 2. The number of rotatable bonds is 3. The number of anilines is 2. The van der Waals surface area contributed by atoms with E-state index in [2.05, 4.69) is 4.98 Å². The van der Waals surface area contributed by atoms with Crippen molar-refractivity contribution >= 4 is 17.3 Å². The largest absolute Gasteiger partial charge is 0.508 e. The van der Waals surface area contributed by atoms with Crippen molar-refractivity contribution in [1.29, 1.82) is 0 Å². The normalized spacial score (nSPS) is 10.3. The molecular formula is C15H17N3O2. The third-order valence-corrected chi connectivity index (χ3v) is 3.09. The summed E-state index contributed by atoms with van der Waals surface area (Å²) in [5.41, 5.74) is 7.91. The van der Waals surface area contributed by atoms with Crippen LogP contribution < -0.4 is 10.6 Å². The Morgan fingerprint density at radius 2 is 2.15 bits per heavy atom. The molecule has 0 aliphatic heterocycles. The van der Waals surface area contributed by atoms with Gasteiger partial charge in [0.05, 0.1) is 11.4 Å². The number of hydrogen-bond donors (Lipinski definition) is 2. The molecule has 2 rings (SSSR count). The minimum Gasteiger partial charge on any atom is -0.508 e. The molecule has 1 heterocycles. The maximum Gasteiger partial charge on any atom is 0.279 e. The van der Waals surface area contributed by atoms with Gasteiger partial charge < -0.3 is 15.7 Å². The summed E-state index contributed by atoms with van der Waals surface area (Å²) in [5.74, 6) is -0.162. The van der Waals surface area contributed by atoms with Crippen molar-refractivity contribution in [1.82, 2.24) is 4.98 Å². The third kappa shape index (κ3) is 2.56. The molecule has 0 unspecified atom stereocenters. The summed E-state index contributed by atoms with van der Waals surface area (Å²) in [6.07, 6.45) is 1.53. The number of aromatic nitrogens is 1. The van der Waals surface area contributed by atoms with Gasteiger partial charge in [0.1, 0.15) is 5.75 Å². The molecule has 2 aromatic rings. The van der Waals surface area contributed by atoms with Crippen molar-refractivity contribution < 1.29 is 9.90 Å². The second-order valence-electron chi connectivity index (χ2n) is 4.46. The first kappa shape index (κ1) is 13.9. The quantitative estimate of drug-likeness (QED) is 0.898. The molecule has 5 heteroatoms. The lowest BCUT2D eigenvalue weighted by atomic mass is 10.1. The zero-order valence-corrected chi connectivity index (χ0v) is 11.5. The number of phenolic OH excluding ortho intramolecular Hbond substituents is 1. The van der Waals surface area contributed by atoms with Crippen LogP contribution in [0, 0.1) is 6.92 Å². The van der Waals surface area contributed by atoms with E-state index in [0.29, 0.717) is 17.9 Å². The van der Waals surface area contributed by atoms with Crippen LogP contribution in [0.2, 0.25) is 0 Å². The maximum absolute atomic E-state index is 12.6. The predicted octanol–water partition coefficient (Wildman–Crippen LogP) is 2.34. The molecule has 0 saturated heterocycles. The average Bonchev–Trinajstić information content (AvgIpc) is 2.44. The van der Waals surface area contributed by atoms with Gasteiger partial charge in [0, 0.05) is 18.8 Å². The van der Waals surface area contributed by atoms with Gasteiger partial charge >= 0.3 is 0 Å². The molecule has 1 aromatic heterocycles. The molecule has 3 N–H and O–H groups in total. The molecular weight excluding hydrogens is 254 g/mol. The number of pyridine rings is 1. The number of carbonyl (C=O) groups excluding carboxylic acids is 1. The molecule has 0 radical (unpaired) electrons. The Morgan fingerprint density at radius 3 is 2.80 bits per heavy atom. The summed E-state index contributed by atoms with van der Waals surface area (Å²) in [5, 5.41) is 9.61. The van der Waals surface area contributed by atoms with Crippen LogP contribution in [0.25, 0.3) is 0 Å². The molecule has 0 saturated carbocycles. The number of benzene rings is 1. The van der Waals surface area contributed by atoms with Gasteiger partial charge in [-0.05, 0) is 37.6 Å². The number of amides is 1. The second kappa shape index (κ2) is 5.61. The number of phenols is 1. The van der Waals surface area contributed by atoms with E-state index in [1.165, 1.54) is 6.20 Å². The van der Waals surface area contributed by atoms with Crippen molar-refractivity contribution in [3.05, 3.63) is 47.8 Å². The molecule has 5 nitrogen and oxygen atoms in total. The minimum atomic E-state index is -0.278.